The molecule has 0 saturated carbocycles. The van der Waals surface area contributed by atoms with E-state index in [0.717, 1.165) is 24.5 Å². The minimum Gasteiger partial charge on any atom is -0.386 e. The number of aliphatic imine (C=N–C) groups is 1. The van der Waals surface area contributed by atoms with Gasteiger partial charge in [0.1, 0.15) is 21.8 Å². The van der Waals surface area contributed by atoms with E-state index in [9.17, 15) is 26.4 Å². The van der Waals surface area contributed by atoms with Gasteiger partial charge in [0.25, 0.3) is 12.3 Å². The van der Waals surface area contributed by atoms with Crippen LogP contribution in [0.3, 0.4) is 0 Å². The third kappa shape index (κ3) is 4.11. The van der Waals surface area contributed by atoms with Crippen LogP contribution in [0.1, 0.15) is 48.8 Å². The quantitative estimate of drug-likeness (QED) is 0.682. The summed E-state index contributed by atoms with van der Waals surface area (Å²) in [6, 6.07) is 3.39. The molecule has 2 aromatic heterocycles. The molecule has 0 saturated heterocycles. The Morgan fingerprint density at radius 1 is 1.19 bits per heavy atom. The van der Waals surface area contributed by atoms with Gasteiger partial charge in [-0.3, -0.25) is 14.8 Å². The average Bonchev–Trinajstić information content (AvgIpc) is 2.67. The number of aromatic nitrogens is 2. The minimum absolute atomic E-state index is 0.0402. The smallest absolute Gasteiger partial charge is 0.274 e. The van der Waals surface area contributed by atoms with Gasteiger partial charge < -0.3 is 11.1 Å². The maximum absolute atomic E-state index is 14.5. The zero-order valence-electron chi connectivity index (χ0n) is 16.9. The van der Waals surface area contributed by atoms with E-state index in [0.29, 0.717) is 0 Å². The maximum atomic E-state index is 14.5. The lowest BCUT2D eigenvalue weighted by molar-refractivity contribution is 0.102. The summed E-state index contributed by atoms with van der Waals surface area (Å²) < 4.78 is 63.8. The zero-order chi connectivity index (χ0) is 23.2. The predicted octanol–water partition coefficient (Wildman–Crippen LogP) is 2.59. The molecular formula is C19H20F3N5O3S. The number of hydrogen-bond donors (Lipinski definition) is 2. The minimum atomic E-state index is -3.78. The first-order valence-electron chi connectivity index (χ1n) is 9.06. The van der Waals surface area contributed by atoms with Crippen molar-refractivity contribution in [1.29, 1.82) is 0 Å². The highest BCUT2D eigenvalue weighted by Gasteiger charge is 2.49. The van der Waals surface area contributed by atoms with E-state index in [4.69, 9.17) is 5.73 Å². The molecule has 1 aliphatic heterocycles. The summed E-state index contributed by atoms with van der Waals surface area (Å²) in [5, 5.41) is 2.43. The van der Waals surface area contributed by atoms with Gasteiger partial charge in [-0.25, -0.2) is 22.2 Å². The number of amidine groups is 1. The summed E-state index contributed by atoms with van der Waals surface area (Å²) in [6.45, 7) is 4.24. The van der Waals surface area contributed by atoms with Crippen LogP contribution in [-0.4, -0.2) is 40.6 Å². The van der Waals surface area contributed by atoms with Crippen LogP contribution >= 0.6 is 0 Å². The largest absolute Gasteiger partial charge is 0.386 e. The first-order valence-corrected chi connectivity index (χ1v) is 10.7. The Bertz CT molecular complexity index is 1170. The highest BCUT2D eigenvalue weighted by atomic mass is 32.2. The van der Waals surface area contributed by atoms with Crippen molar-refractivity contribution < 1.29 is 26.4 Å². The number of sulfone groups is 1. The standard InChI is InChI=1S/C19H20F3N5O3S/c1-18(2)17(23)27-19(3,9-31(18,29)30)12-6-11(8-25-15(12)22)26-16(28)13-5-4-10(7-24-13)14(20)21/h4-8,14H,9H2,1-3H3,(H2,23,27)(H,26,28)/t19-/m0/s1. The average molecular weight is 455 g/mol. The molecule has 0 aromatic carbocycles. The Kier molecular flexibility index (Phi) is 5.55. The second-order valence-electron chi connectivity index (χ2n) is 7.83. The molecule has 1 aliphatic rings. The molecule has 3 heterocycles. The molecule has 2 aromatic rings. The van der Waals surface area contributed by atoms with Gasteiger partial charge in [-0.1, -0.05) is 0 Å². The van der Waals surface area contributed by atoms with Crippen molar-refractivity contribution in [3.63, 3.8) is 0 Å². The van der Waals surface area contributed by atoms with E-state index in [-0.39, 0.29) is 28.3 Å². The van der Waals surface area contributed by atoms with Crippen LogP contribution in [0, 0.1) is 5.95 Å². The van der Waals surface area contributed by atoms with Gasteiger partial charge in [0.15, 0.2) is 9.84 Å². The topological polar surface area (TPSA) is 127 Å². The Morgan fingerprint density at radius 2 is 1.87 bits per heavy atom. The molecule has 1 amide bonds. The van der Waals surface area contributed by atoms with Gasteiger partial charge in [0, 0.05) is 17.3 Å². The highest BCUT2D eigenvalue weighted by Crippen LogP contribution is 2.38. The lowest BCUT2D eigenvalue weighted by Gasteiger charge is -2.37. The molecule has 3 rings (SSSR count). The monoisotopic (exact) mass is 455 g/mol. The number of nitrogens with zero attached hydrogens (tertiary/aromatic N) is 3. The van der Waals surface area contributed by atoms with Crippen molar-refractivity contribution in [3.05, 3.63) is 53.4 Å². The summed E-state index contributed by atoms with van der Waals surface area (Å²) in [6.07, 6.45) is -0.817. The Hall–Kier alpha value is -3.02. The van der Waals surface area contributed by atoms with Gasteiger partial charge in [-0.2, -0.15) is 4.39 Å². The number of carbonyl (C=O) groups is 1. The number of nitrogens with two attached hydrogens (primary N) is 1. The number of pyridine rings is 2. The Morgan fingerprint density at radius 3 is 2.42 bits per heavy atom. The number of anilines is 1. The molecule has 166 valence electrons. The molecule has 0 aliphatic carbocycles. The maximum Gasteiger partial charge on any atom is 0.274 e. The second-order valence-corrected chi connectivity index (χ2v) is 10.4. The van der Waals surface area contributed by atoms with Crippen molar-refractivity contribution in [2.24, 2.45) is 10.7 Å². The molecule has 1 atom stereocenters. The number of nitrogens with one attached hydrogen (secondary N) is 1. The van der Waals surface area contributed by atoms with Gasteiger partial charge in [0.2, 0.25) is 5.95 Å². The number of rotatable bonds is 4. The van der Waals surface area contributed by atoms with Gasteiger partial charge >= 0.3 is 0 Å². The van der Waals surface area contributed by atoms with Crippen LogP contribution in [0.15, 0.2) is 35.6 Å². The third-order valence-electron chi connectivity index (χ3n) is 5.18. The van der Waals surface area contributed by atoms with Crippen LogP contribution in [0.25, 0.3) is 0 Å². The third-order valence-corrected chi connectivity index (χ3v) is 7.89. The van der Waals surface area contributed by atoms with Crippen molar-refractivity contribution in [1.82, 2.24) is 9.97 Å². The zero-order valence-corrected chi connectivity index (χ0v) is 17.7. The molecule has 0 fully saturated rings. The summed E-state index contributed by atoms with van der Waals surface area (Å²) in [4.78, 5) is 23.9. The van der Waals surface area contributed by atoms with Gasteiger partial charge in [-0.05, 0) is 39.0 Å². The first-order chi connectivity index (χ1) is 14.3. The van der Waals surface area contributed by atoms with Crippen molar-refractivity contribution >= 4 is 27.3 Å². The van der Waals surface area contributed by atoms with Crippen LogP contribution in [0.2, 0.25) is 0 Å². The summed E-state index contributed by atoms with van der Waals surface area (Å²) in [5.41, 5.74) is 3.69. The van der Waals surface area contributed by atoms with Crippen LogP contribution < -0.4 is 11.1 Å². The van der Waals surface area contributed by atoms with Crippen molar-refractivity contribution in [2.45, 2.75) is 37.5 Å². The molecule has 12 heteroatoms. The van der Waals surface area contributed by atoms with Crippen LogP contribution in [0.4, 0.5) is 18.9 Å². The molecule has 3 N–H and O–H groups in total. The number of amides is 1. The number of alkyl halides is 2. The predicted molar refractivity (Wildman–Crippen MR) is 108 cm³/mol. The van der Waals surface area contributed by atoms with E-state index in [2.05, 4.69) is 20.3 Å². The van der Waals surface area contributed by atoms with Crippen molar-refractivity contribution in [3.8, 4) is 0 Å². The van der Waals surface area contributed by atoms with Gasteiger partial charge in [0.05, 0.1) is 17.6 Å². The summed E-state index contributed by atoms with van der Waals surface area (Å²) in [7, 11) is -3.78. The summed E-state index contributed by atoms with van der Waals surface area (Å²) in [5.74, 6) is -2.39. The normalized spacial score (nSPS) is 22.1. The fraction of sp³-hybridized carbons (Fsp3) is 0.368. The molecule has 0 bridgehead atoms. The van der Waals surface area contributed by atoms with Crippen LogP contribution in [0.5, 0.6) is 0 Å². The Labute approximate surface area is 176 Å². The Balaban J connectivity index is 1.94. The fourth-order valence-electron chi connectivity index (χ4n) is 3.04. The first kappa shape index (κ1) is 22.7. The molecule has 0 spiro atoms. The van der Waals surface area contributed by atoms with E-state index < -0.39 is 44.2 Å². The van der Waals surface area contributed by atoms with E-state index in [1.54, 1.807) is 0 Å². The second kappa shape index (κ2) is 7.59. The lowest BCUT2D eigenvalue weighted by atomic mass is 9.94. The lowest BCUT2D eigenvalue weighted by Crippen LogP contribution is -2.55. The number of hydrogen-bond acceptors (Lipinski definition) is 7. The van der Waals surface area contributed by atoms with Crippen molar-refractivity contribution in [2.75, 3.05) is 11.1 Å². The molecule has 31 heavy (non-hydrogen) atoms. The SMILES string of the molecule is CC1(C)C(N)=N[C@](C)(c2cc(NC(=O)c3ccc(C(F)F)cn3)cnc2F)CS1(=O)=O. The highest BCUT2D eigenvalue weighted by molar-refractivity contribution is 7.93. The molecule has 0 radical (unpaired) electrons. The van der Waals surface area contributed by atoms with Crippen LogP contribution in [-0.2, 0) is 15.4 Å². The molecular weight excluding hydrogens is 435 g/mol. The van der Waals surface area contributed by atoms with Gasteiger partial charge in [-0.15, -0.1) is 0 Å². The molecule has 0 unspecified atom stereocenters. The van der Waals surface area contributed by atoms with E-state index in [1.165, 1.54) is 26.8 Å². The van der Waals surface area contributed by atoms with E-state index in [1.807, 2.05) is 0 Å². The van der Waals surface area contributed by atoms with E-state index >= 15 is 0 Å². The molecule has 8 nitrogen and oxygen atoms in total. The number of halogens is 3. The number of carbonyl (C=O) groups excluding carboxylic acids is 1. The fourth-order valence-corrected chi connectivity index (χ4v) is 4.72. The summed E-state index contributed by atoms with van der Waals surface area (Å²) >= 11 is 0.